The summed E-state index contributed by atoms with van der Waals surface area (Å²) in [6.45, 7) is 1.84. The Labute approximate surface area is 155 Å². The van der Waals surface area contributed by atoms with E-state index in [1.165, 1.54) is 0 Å². The van der Waals surface area contributed by atoms with Crippen LogP contribution in [0.15, 0.2) is 47.5 Å². The van der Waals surface area contributed by atoms with Gasteiger partial charge in [-0.25, -0.2) is 4.68 Å². The van der Waals surface area contributed by atoms with E-state index in [1.54, 1.807) is 40.2 Å². The van der Waals surface area contributed by atoms with E-state index in [4.69, 9.17) is 0 Å². The van der Waals surface area contributed by atoms with E-state index in [1.807, 2.05) is 12.1 Å². The van der Waals surface area contributed by atoms with E-state index in [0.29, 0.717) is 36.6 Å². The molecule has 1 aliphatic carbocycles. The molecular weight excluding hydrogens is 342 g/mol. The van der Waals surface area contributed by atoms with Crippen molar-refractivity contribution in [3.63, 3.8) is 0 Å². The van der Waals surface area contributed by atoms with Gasteiger partial charge in [0.15, 0.2) is 0 Å². The predicted molar refractivity (Wildman–Crippen MR) is 99.4 cm³/mol. The van der Waals surface area contributed by atoms with Crippen molar-refractivity contribution in [1.29, 1.82) is 0 Å². The SMILES string of the molecule is O=C(c1ccc2nccnc2c1)N1CC(Cn2nc(C3CC3)ccc2=O)C1. The molecule has 7 nitrogen and oxygen atoms in total. The van der Waals surface area contributed by atoms with E-state index < -0.39 is 0 Å². The van der Waals surface area contributed by atoms with Crippen LogP contribution in [0.5, 0.6) is 0 Å². The van der Waals surface area contributed by atoms with Crippen LogP contribution in [0.2, 0.25) is 0 Å². The molecule has 1 aromatic carbocycles. The first-order valence-electron chi connectivity index (χ1n) is 9.25. The first-order valence-corrected chi connectivity index (χ1v) is 9.25. The number of amides is 1. The van der Waals surface area contributed by atoms with Crippen molar-refractivity contribution in [2.75, 3.05) is 13.1 Å². The van der Waals surface area contributed by atoms with Gasteiger partial charge in [0.1, 0.15) is 0 Å². The summed E-state index contributed by atoms with van der Waals surface area (Å²) in [5.74, 6) is 0.770. The van der Waals surface area contributed by atoms with Gasteiger partial charge in [0.2, 0.25) is 0 Å². The number of carbonyl (C=O) groups excluding carboxylic acids is 1. The van der Waals surface area contributed by atoms with Gasteiger partial charge in [-0.05, 0) is 37.1 Å². The highest BCUT2D eigenvalue weighted by Crippen LogP contribution is 2.38. The molecule has 2 aromatic heterocycles. The zero-order chi connectivity index (χ0) is 18.4. The molecule has 5 rings (SSSR count). The molecule has 3 aromatic rings. The molecule has 1 amide bonds. The van der Waals surface area contributed by atoms with Crippen molar-refractivity contribution >= 4 is 16.9 Å². The molecule has 1 saturated carbocycles. The zero-order valence-electron chi connectivity index (χ0n) is 14.8. The van der Waals surface area contributed by atoms with Gasteiger partial charge < -0.3 is 4.90 Å². The van der Waals surface area contributed by atoms with E-state index in [9.17, 15) is 9.59 Å². The van der Waals surface area contributed by atoms with Gasteiger partial charge in [-0.3, -0.25) is 19.6 Å². The molecule has 2 fully saturated rings. The summed E-state index contributed by atoms with van der Waals surface area (Å²) in [6.07, 6.45) is 5.58. The van der Waals surface area contributed by atoms with Gasteiger partial charge >= 0.3 is 0 Å². The van der Waals surface area contributed by atoms with Crippen LogP contribution in [0.1, 0.15) is 34.8 Å². The van der Waals surface area contributed by atoms with Crippen LogP contribution in [-0.2, 0) is 6.54 Å². The quantitative estimate of drug-likeness (QED) is 0.708. The maximum absolute atomic E-state index is 12.7. The number of benzene rings is 1. The van der Waals surface area contributed by atoms with Crippen LogP contribution in [0, 0.1) is 5.92 Å². The highest BCUT2D eigenvalue weighted by Gasteiger charge is 2.32. The standard InChI is InChI=1S/C20H19N5O2/c26-19-6-5-16(14-1-2-14)23-25(19)12-13-10-24(11-13)20(27)15-3-4-17-18(9-15)22-8-7-21-17/h3-9,13-14H,1-2,10-12H2. The van der Waals surface area contributed by atoms with Crippen molar-refractivity contribution in [2.45, 2.75) is 25.3 Å². The summed E-state index contributed by atoms with van der Waals surface area (Å²) in [4.78, 5) is 35.0. The second kappa shape index (κ2) is 6.26. The van der Waals surface area contributed by atoms with Crippen molar-refractivity contribution in [3.05, 3.63) is 64.3 Å². The molecule has 1 aliphatic heterocycles. The van der Waals surface area contributed by atoms with Gasteiger partial charge in [0, 0.05) is 48.9 Å². The van der Waals surface area contributed by atoms with Crippen molar-refractivity contribution in [3.8, 4) is 0 Å². The van der Waals surface area contributed by atoms with E-state index in [-0.39, 0.29) is 17.4 Å². The number of hydrogen-bond donors (Lipinski definition) is 0. The summed E-state index contributed by atoms with van der Waals surface area (Å²) in [7, 11) is 0. The van der Waals surface area contributed by atoms with E-state index in [0.717, 1.165) is 24.1 Å². The second-order valence-corrected chi connectivity index (χ2v) is 7.39. The van der Waals surface area contributed by atoms with Crippen LogP contribution in [0.25, 0.3) is 11.0 Å². The fourth-order valence-electron chi connectivity index (χ4n) is 3.57. The average Bonchev–Trinajstić information content (AvgIpc) is 3.50. The molecule has 0 unspecified atom stereocenters. The molecule has 136 valence electrons. The summed E-state index contributed by atoms with van der Waals surface area (Å²) in [5, 5.41) is 4.50. The van der Waals surface area contributed by atoms with Crippen molar-refractivity contribution in [2.24, 2.45) is 5.92 Å². The minimum atomic E-state index is -0.0720. The van der Waals surface area contributed by atoms with E-state index in [2.05, 4.69) is 15.1 Å². The smallest absolute Gasteiger partial charge is 0.266 e. The molecule has 0 radical (unpaired) electrons. The monoisotopic (exact) mass is 361 g/mol. The number of likely N-dealkylation sites (tertiary alicyclic amines) is 1. The van der Waals surface area contributed by atoms with Crippen LogP contribution >= 0.6 is 0 Å². The first-order chi connectivity index (χ1) is 13.2. The van der Waals surface area contributed by atoms with Gasteiger partial charge in [0.25, 0.3) is 11.5 Å². The van der Waals surface area contributed by atoms with Crippen LogP contribution in [0.4, 0.5) is 0 Å². The fraction of sp³-hybridized carbons (Fsp3) is 0.350. The molecular formula is C20H19N5O2. The lowest BCUT2D eigenvalue weighted by Crippen LogP contribution is -2.52. The summed E-state index contributed by atoms with van der Waals surface area (Å²) >= 11 is 0. The molecule has 0 N–H and O–H groups in total. The van der Waals surface area contributed by atoms with Gasteiger partial charge in [-0.15, -0.1) is 0 Å². The largest absolute Gasteiger partial charge is 0.338 e. The summed E-state index contributed by atoms with van der Waals surface area (Å²) < 4.78 is 1.56. The normalized spacial score (nSPS) is 17.1. The average molecular weight is 361 g/mol. The summed E-state index contributed by atoms with van der Waals surface area (Å²) in [5.41, 5.74) is 3.05. The highest BCUT2D eigenvalue weighted by atomic mass is 16.2. The Hall–Kier alpha value is -3.09. The minimum Gasteiger partial charge on any atom is -0.338 e. The molecule has 1 saturated heterocycles. The lowest BCUT2D eigenvalue weighted by molar-refractivity contribution is 0.0458. The third-order valence-corrected chi connectivity index (χ3v) is 5.27. The van der Waals surface area contributed by atoms with Crippen molar-refractivity contribution in [1.82, 2.24) is 24.6 Å². The Kier molecular flexibility index (Phi) is 3.74. The van der Waals surface area contributed by atoms with E-state index >= 15 is 0 Å². The second-order valence-electron chi connectivity index (χ2n) is 7.39. The molecule has 27 heavy (non-hydrogen) atoms. The third kappa shape index (κ3) is 3.09. The van der Waals surface area contributed by atoms with Gasteiger partial charge in [-0.1, -0.05) is 0 Å². The Morgan fingerprint density at radius 3 is 2.59 bits per heavy atom. The zero-order valence-corrected chi connectivity index (χ0v) is 14.8. The number of fused-ring (bicyclic) bond motifs is 1. The molecule has 7 heteroatoms. The first kappa shape index (κ1) is 16.1. The Morgan fingerprint density at radius 2 is 1.81 bits per heavy atom. The lowest BCUT2D eigenvalue weighted by atomic mass is 9.98. The Balaban J connectivity index is 1.25. The molecule has 0 spiro atoms. The number of carbonyl (C=O) groups is 1. The van der Waals surface area contributed by atoms with Gasteiger partial charge in [0.05, 0.1) is 23.3 Å². The molecule has 2 aliphatic rings. The molecule has 0 atom stereocenters. The molecule has 0 bridgehead atoms. The maximum Gasteiger partial charge on any atom is 0.266 e. The Bertz CT molecular complexity index is 1080. The highest BCUT2D eigenvalue weighted by molar-refractivity contribution is 5.97. The van der Waals surface area contributed by atoms with Gasteiger partial charge in [-0.2, -0.15) is 5.10 Å². The van der Waals surface area contributed by atoms with Crippen LogP contribution in [0.3, 0.4) is 0 Å². The summed E-state index contributed by atoms with van der Waals surface area (Å²) in [6, 6.07) is 8.84. The fourth-order valence-corrected chi connectivity index (χ4v) is 3.57. The molecule has 3 heterocycles. The van der Waals surface area contributed by atoms with Crippen LogP contribution in [-0.4, -0.2) is 43.6 Å². The minimum absolute atomic E-state index is 0.00848. The third-order valence-electron chi connectivity index (χ3n) is 5.27. The number of aromatic nitrogens is 4. The number of hydrogen-bond acceptors (Lipinski definition) is 5. The lowest BCUT2D eigenvalue weighted by Gasteiger charge is -2.39. The number of rotatable bonds is 4. The van der Waals surface area contributed by atoms with Crippen LogP contribution < -0.4 is 5.56 Å². The van der Waals surface area contributed by atoms with Crippen molar-refractivity contribution < 1.29 is 4.79 Å². The Morgan fingerprint density at radius 1 is 1.04 bits per heavy atom. The topological polar surface area (TPSA) is 81.0 Å². The number of nitrogens with zero attached hydrogens (tertiary/aromatic N) is 5. The predicted octanol–water partition coefficient (Wildman–Crippen LogP) is 1.84. The maximum atomic E-state index is 12.7.